The molecule has 1 N–H and O–H groups in total. The quantitative estimate of drug-likeness (QED) is 0.791. The van der Waals surface area contributed by atoms with Gasteiger partial charge < -0.3 is 10.1 Å². The summed E-state index contributed by atoms with van der Waals surface area (Å²) in [5, 5.41) is 3.83. The first kappa shape index (κ1) is 18.1. The number of ether oxygens (including phenoxy) is 1. The minimum atomic E-state index is -4.36. The Kier molecular flexibility index (Phi) is 6.30. The number of hydrogen-bond acceptors (Lipinski definition) is 3. The fraction of sp³-hybridized carbons (Fsp3) is 0.562. The standard InChI is InChI=1S/C16H19ClF3NO2/c17-13-3-1-11(2-4-13)15-5-6-21-9-12(15)7-14(23-10-22)8-16(18,19)20/h1-4,10,12,14-15,21H,5-9H2. The number of hydrogen-bond donors (Lipinski definition) is 1. The lowest BCUT2D eigenvalue weighted by molar-refractivity contribution is -0.166. The number of halogens is 4. The number of carbonyl (C=O) groups is 1. The maximum atomic E-state index is 12.6. The van der Waals surface area contributed by atoms with Crippen LogP contribution in [0.4, 0.5) is 13.2 Å². The van der Waals surface area contributed by atoms with Crippen molar-refractivity contribution in [2.24, 2.45) is 5.92 Å². The van der Waals surface area contributed by atoms with Gasteiger partial charge in [-0.2, -0.15) is 13.2 Å². The Morgan fingerprint density at radius 3 is 2.65 bits per heavy atom. The van der Waals surface area contributed by atoms with E-state index >= 15 is 0 Å². The third-order valence-electron chi connectivity index (χ3n) is 4.18. The number of benzene rings is 1. The van der Waals surface area contributed by atoms with Gasteiger partial charge in [0, 0.05) is 5.02 Å². The molecule has 1 fully saturated rings. The predicted octanol–water partition coefficient (Wildman–Crippen LogP) is 3.92. The second-order valence-electron chi connectivity index (χ2n) is 5.82. The van der Waals surface area contributed by atoms with E-state index in [1.165, 1.54) is 0 Å². The first-order valence-electron chi connectivity index (χ1n) is 7.51. The highest BCUT2D eigenvalue weighted by atomic mass is 35.5. The van der Waals surface area contributed by atoms with E-state index in [0.29, 0.717) is 11.6 Å². The fourth-order valence-electron chi connectivity index (χ4n) is 3.18. The lowest BCUT2D eigenvalue weighted by atomic mass is 9.78. The molecule has 1 saturated heterocycles. The third kappa shape index (κ3) is 5.70. The molecule has 3 unspecified atom stereocenters. The Morgan fingerprint density at radius 1 is 1.35 bits per heavy atom. The van der Waals surface area contributed by atoms with Crippen molar-refractivity contribution in [1.29, 1.82) is 0 Å². The van der Waals surface area contributed by atoms with Crippen molar-refractivity contribution in [3.63, 3.8) is 0 Å². The Labute approximate surface area is 138 Å². The zero-order valence-corrected chi connectivity index (χ0v) is 13.2. The molecule has 2 rings (SSSR count). The molecule has 0 aromatic heterocycles. The van der Waals surface area contributed by atoms with Gasteiger partial charge in [0.1, 0.15) is 6.10 Å². The molecule has 128 valence electrons. The van der Waals surface area contributed by atoms with Crippen LogP contribution in [-0.2, 0) is 9.53 Å². The molecular formula is C16H19ClF3NO2. The second-order valence-corrected chi connectivity index (χ2v) is 6.26. The molecule has 1 aromatic carbocycles. The number of piperidine rings is 1. The first-order valence-corrected chi connectivity index (χ1v) is 7.89. The zero-order chi connectivity index (χ0) is 16.9. The summed E-state index contributed by atoms with van der Waals surface area (Å²) in [5.74, 6) is 0.0942. The molecule has 3 nitrogen and oxygen atoms in total. The molecule has 1 aliphatic rings. The van der Waals surface area contributed by atoms with Crippen molar-refractivity contribution < 1.29 is 22.7 Å². The Balaban J connectivity index is 2.10. The van der Waals surface area contributed by atoms with Gasteiger partial charge in [-0.05, 0) is 55.5 Å². The lowest BCUT2D eigenvalue weighted by Crippen LogP contribution is -2.38. The number of rotatable bonds is 6. The molecule has 0 radical (unpaired) electrons. The molecule has 0 spiro atoms. The van der Waals surface area contributed by atoms with Gasteiger partial charge in [0.25, 0.3) is 6.47 Å². The van der Waals surface area contributed by atoms with E-state index in [0.717, 1.165) is 18.5 Å². The van der Waals surface area contributed by atoms with Crippen LogP contribution in [0.5, 0.6) is 0 Å². The van der Waals surface area contributed by atoms with E-state index in [9.17, 15) is 18.0 Å². The molecular weight excluding hydrogens is 331 g/mol. The lowest BCUT2D eigenvalue weighted by Gasteiger charge is -2.34. The minimum Gasteiger partial charge on any atom is -0.464 e. The average Bonchev–Trinajstić information content (AvgIpc) is 2.47. The van der Waals surface area contributed by atoms with Crippen LogP contribution in [0.3, 0.4) is 0 Å². The van der Waals surface area contributed by atoms with E-state index in [1.807, 2.05) is 12.1 Å². The van der Waals surface area contributed by atoms with Crippen molar-refractivity contribution in [3.8, 4) is 0 Å². The zero-order valence-electron chi connectivity index (χ0n) is 12.5. The molecule has 0 aliphatic carbocycles. The molecule has 0 bridgehead atoms. The van der Waals surface area contributed by atoms with Gasteiger partial charge in [0.05, 0.1) is 6.42 Å². The molecule has 7 heteroatoms. The Morgan fingerprint density at radius 2 is 2.04 bits per heavy atom. The van der Waals surface area contributed by atoms with E-state index < -0.39 is 18.7 Å². The van der Waals surface area contributed by atoms with Crippen molar-refractivity contribution in [2.45, 2.75) is 37.5 Å². The summed E-state index contributed by atoms with van der Waals surface area (Å²) in [7, 11) is 0. The number of carbonyl (C=O) groups excluding carboxylic acids is 1. The predicted molar refractivity (Wildman–Crippen MR) is 81.4 cm³/mol. The van der Waals surface area contributed by atoms with Gasteiger partial charge in [-0.3, -0.25) is 4.79 Å². The summed E-state index contributed by atoms with van der Waals surface area (Å²) >= 11 is 5.89. The summed E-state index contributed by atoms with van der Waals surface area (Å²) in [5.41, 5.74) is 1.05. The molecule has 23 heavy (non-hydrogen) atoms. The SMILES string of the molecule is O=COC(CC1CNCCC1c1ccc(Cl)cc1)CC(F)(F)F. The number of nitrogens with one attached hydrogen (secondary N) is 1. The summed E-state index contributed by atoms with van der Waals surface area (Å²) < 4.78 is 42.5. The van der Waals surface area contributed by atoms with Crippen molar-refractivity contribution >= 4 is 18.1 Å². The van der Waals surface area contributed by atoms with Crippen LogP contribution < -0.4 is 5.32 Å². The van der Waals surface area contributed by atoms with E-state index in [2.05, 4.69) is 10.1 Å². The minimum absolute atomic E-state index is 0.0303. The maximum absolute atomic E-state index is 12.6. The van der Waals surface area contributed by atoms with Gasteiger partial charge >= 0.3 is 6.18 Å². The molecule has 1 aliphatic heterocycles. The van der Waals surface area contributed by atoms with Crippen LogP contribution in [-0.4, -0.2) is 31.8 Å². The number of alkyl halides is 3. The van der Waals surface area contributed by atoms with Crippen LogP contribution in [0.15, 0.2) is 24.3 Å². The highest BCUT2D eigenvalue weighted by Crippen LogP contribution is 2.36. The van der Waals surface area contributed by atoms with Crippen LogP contribution in [0, 0.1) is 5.92 Å². The van der Waals surface area contributed by atoms with Gasteiger partial charge in [0.2, 0.25) is 0 Å². The molecule has 1 heterocycles. The highest BCUT2D eigenvalue weighted by Gasteiger charge is 2.36. The highest BCUT2D eigenvalue weighted by molar-refractivity contribution is 6.30. The van der Waals surface area contributed by atoms with Crippen LogP contribution in [0.2, 0.25) is 5.02 Å². The second kappa shape index (κ2) is 8.02. The Bertz CT molecular complexity index is 507. The normalized spacial score (nSPS) is 23.3. The third-order valence-corrected chi connectivity index (χ3v) is 4.43. The van der Waals surface area contributed by atoms with Crippen molar-refractivity contribution in [1.82, 2.24) is 5.32 Å². The smallest absolute Gasteiger partial charge is 0.392 e. The van der Waals surface area contributed by atoms with Crippen LogP contribution in [0.1, 0.15) is 30.7 Å². The first-order chi connectivity index (χ1) is 10.9. The van der Waals surface area contributed by atoms with Gasteiger partial charge in [-0.15, -0.1) is 0 Å². The molecule has 3 atom stereocenters. The summed E-state index contributed by atoms with van der Waals surface area (Å²) in [4.78, 5) is 10.5. The fourth-order valence-corrected chi connectivity index (χ4v) is 3.31. The largest absolute Gasteiger partial charge is 0.464 e. The average molecular weight is 350 g/mol. The summed E-state index contributed by atoms with van der Waals surface area (Å²) in [6.07, 6.45) is -5.61. The van der Waals surface area contributed by atoms with Gasteiger partial charge in [-0.1, -0.05) is 23.7 Å². The van der Waals surface area contributed by atoms with Crippen molar-refractivity contribution in [3.05, 3.63) is 34.9 Å². The molecule has 1 aromatic rings. The topological polar surface area (TPSA) is 38.3 Å². The van der Waals surface area contributed by atoms with Crippen molar-refractivity contribution in [2.75, 3.05) is 13.1 Å². The molecule has 0 amide bonds. The Hall–Kier alpha value is -1.27. The van der Waals surface area contributed by atoms with Gasteiger partial charge in [-0.25, -0.2) is 0 Å². The monoisotopic (exact) mass is 349 g/mol. The van der Waals surface area contributed by atoms with Crippen LogP contribution in [0.25, 0.3) is 0 Å². The summed E-state index contributed by atoms with van der Waals surface area (Å²) in [6, 6.07) is 7.38. The summed E-state index contributed by atoms with van der Waals surface area (Å²) in [6.45, 7) is 1.51. The van der Waals surface area contributed by atoms with Crippen LogP contribution >= 0.6 is 11.6 Å². The maximum Gasteiger partial charge on any atom is 0.392 e. The van der Waals surface area contributed by atoms with Gasteiger partial charge in [0.15, 0.2) is 0 Å². The van der Waals surface area contributed by atoms with E-state index in [4.69, 9.17) is 11.6 Å². The van der Waals surface area contributed by atoms with E-state index in [1.54, 1.807) is 12.1 Å². The van der Waals surface area contributed by atoms with E-state index in [-0.39, 0.29) is 24.7 Å². The molecule has 0 saturated carbocycles.